The van der Waals surface area contributed by atoms with Gasteiger partial charge in [-0.1, -0.05) is 12.8 Å². The number of nitrogens with zero attached hydrogens (tertiary/aromatic N) is 1. The summed E-state index contributed by atoms with van der Waals surface area (Å²) in [6.07, 6.45) is 6.62. The van der Waals surface area contributed by atoms with Crippen LogP contribution in [0, 0.1) is 0 Å². The third-order valence-corrected chi connectivity index (χ3v) is 3.33. The van der Waals surface area contributed by atoms with Crippen molar-refractivity contribution in [1.29, 1.82) is 0 Å². The number of carbonyl (C=O) groups is 1. The number of likely N-dealkylation sites (tertiary alicyclic amines) is 1. The summed E-state index contributed by atoms with van der Waals surface area (Å²) in [6.45, 7) is 1.98. The Morgan fingerprint density at radius 2 is 1.62 bits per heavy atom. The van der Waals surface area contributed by atoms with Gasteiger partial charge >= 0.3 is 5.97 Å². The minimum Gasteiger partial charge on any atom is -0.480 e. The van der Waals surface area contributed by atoms with Crippen LogP contribution in [0.3, 0.4) is 0 Å². The fraction of sp³-hybridized carbons (Fsp3) is 0.900. The molecule has 3 nitrogen and oxygen atoms in total. The van der Waals surface area contributed by atoms with Gasteiger partial charge in [-0.3, -0.25) is 9.69 Å². The number of hydrogen-bond donors (Lipinski definition) is 1. The summed E-state index contributed by atoms with van der Waals surface area (Å²) >= 11 is 0. The fourth-order valence-electron chi connectivity index (χ4n) is 2.28. The molecule has 1 saturated carbocycles. The van der Waals surface area contributed by atoms with Crippen molar-refractivity contribution >= 4 is 5.97 Å². The van der Waals surface area contributed by atoms with E-state index < -0.39 is 11.5 Å². The summed E-state index contributed by atoms with van der Waals surface area (Å²) in [6, 6.07) is 0. The standard InChI is InChI=1S/C10H17NO2/c12-9(13)10(5-6-10)11-7-3-1-2-4-8-11/h1-8H2,(H,12,13). The van der Waals surface area contributed by atoms with Crippen molar-refractivity contribution in [2.75, 3.05) is 13.1 Å². The number of aliphatic carboxylic acids is 1. The molecule has 0 bridgehead atoms. The Kier molecular flexibility index (Phi) is 2.28. The van der Waals surface area contributed by atoms with E-state index in [0.29, 0.717) is 0 Å². The van der Waals surface area contributed by atoms with E-state index in [2.05, 4.69) is 4.90 Å². The Bertz CT molecular complexity index is 203. The van der Waals surface area contributed by atoms with Gasteiger partial charge in [0.15, 0.2) is 0 Å². The van der Waals surface area contributed by atoms with Crippen LogP contribution in [0.4, 0.5) is 0 Å². The average Bonchev–Trinajstić information content (AvgIpc) is 2.90. The van der Waals surface area contributed by atoms with E-state index in [0.717, 1.165) is 25.9 Å². The molecule has 13 heavy (non-hydrogen) atoms. The predicted molar refractivity (Wildman–Crippen MR) is 49.6 cm³/mol. The number of hydrogen-bond acceptors (Lipinski definition) is 2. The summed E-state index contributed by atoms with van der Waals surface area (Å²) in [5, 5.41) is 9.11. The van der Waals surface area contributed by atoms with E-state index in [9.17, 15) is 4.79 Å². The van der Waals surface area contributed by atoms with E-state index in [-0.39, 0.29) is 0 Å². The average molecular weight is 183 g/mol. The first-order valence-corrected chi connectivity index (χ1v) is 5.24. The molecule has 1 aliphatic carbocycles. The van der Waals surface area contributed by atoms with Gasteiger partial charge in [-0.15, -0.1) is 0 Å². The highest BCUT2D eigenvalue weighted by molar-refractivity contribution is 5.82. The topological polar surface area (TPSA) is 40.5 Å². The van der Waals surface area contributed by atoms with Crippen molar-refractivity contribution in [3.8, 4) is 0 Å². The molecule has 0 unspecified atom stereocenters. The third-order valence-electron chi connectivity index (χ3n) is 3.33. The maximum absolute atomic E-state index is 11.1. The van der Waals surface area contributed by atoms with Crippen LogP contribution in [0.5, 0.6) is 0 Å². The van der Waals surface area contributed by atoms with Crippen LogP contribution in [-0.4, -0.2) is 34.6 Å². The van der Waals surface area contributed by atoms with Crippen LogP contribution < -0.4 is 0 Å². The van der Waals surface area contributed by atoms with Crippen LogP contribution >= 0.6 is 0 Å². The molecular formula is C10H17NO2. The molecule has 2 aliphatic rings. The van der Waals surface area contributed by atoms with Gasteiger partial charge in [0, 0.05) is 0 Å². The molecule has 0 atom stereocenters. The van der Waals surface area contributed by atoms with Crippen LogP contribution in [0.25, 0.3) is 0 Å². The van der Waals surface area contributed by atoms with E-state index in [1.165, 1.54) is 25.7 Å². The highest BCUT2D eigenvalue weighted by atomic mass is 16.4. The van der Waals surface area contributed by atoms with Crippen molar-refractivity contribution in [2.24, 2.45) is 0 Å². The molecular weight excluding hydrogens is 166 g/mol. The normalized spacial score (nSPS) is 28.0. The van der Waals surface area contributed by atoms with Crippen LogP contribution in [0.1, 0.15) is 38.5 Å². The van der Waals surface area contributed by atoms with Crippen molar-refractivity contribution in [2.45, 2.75) is 44.1 Å². The molecule has 2 fully saturated rings. The first kappa shape index (κ1) is 9.00. The molecule has 1 aliphatic heterocycles. The highest BCUT2D eigenvalue weighted by Crippen LogP contribution is 2.42. The molecule has 1 heterocycles. The summed E-state index contributed by atoms with van der Waals surface area (Å²) in [5.41, 5.74) is -0.440. The molecule has 2 rings (SSSR count). The van der Waals surface area contributed by atoms with Crippen LogP contribution in [0.15, 0.2) is 0 Å². The third kappa shape index (κ3) is 1.57. The quantitative estimate of drug-likeness (QED) is 0.705. The van der Waals surface area contributed by atoms with Crippen molar-refractivity contribution < 1.29 is 9.90 Å². The van der Waals surface area contributed by atoms with Crippen molar-refractivity contribution in [3.05, 3.63) is 0 Å². The van der Waals surface area contributed by atoms with E-state index in [4.69, 9.17) is 5.11 Å². The largest absolute Gasteiger partial charge is 0.480 e. The Morgan fingerprint density at radius 1 is 1.08 bits per heavy atom. The molecule has 0 aromatic carbocycles. The van der Waals surface area contributed by atoms with Gasteiger partial charge in [0.05, 0.1) is 0 Å². The van der Waals surface area contributed by atoms with Gasteiger partial charge in [-0.25, -0.2) is 0 Å². The van der Waals surface area contributed by atoms with Gasteiger partial charge < -0.3 is 5.11 Å². The van der Waals surface area contributed by atoms with Gasteiger partial charge in [-0.05, 0) is 38.8 Å². The Hall–Kier alpha value is -0.570. The maximum Gasteiger partial charge on any atom is 0.324 e. The van der Waals surface area contributed by atoms with Gasteiger partial charge in [0.25, 0.3) is 0 Å². The van der Waals surface area contributed by atoms with E-state index in [1.807, 2.05) is 0 Å². The first-order valence-electron chi connectivity index (χ1n) is 5.24. The zero-order valence-corrected chi connectivity index (χ0v) is 7.96. The van der Waals surface area contributed by atoms with Crippen molar-refractivity contribution in [3.63, 3.8) is 0 Å². The maximum atomic E-state index is 11.1. The molecule has 74 valence electrons. The number of rotatable bonds is 2. The second-order valence-corrected chi connectivity index (χ2v) is 4.24. The Labute approximate surface area is 78.7 Å². The van der Waals surface area contributed by atoms with E-state index in [1.54, 1.807) is 0 Å². The van der Waals surface area contributed by atoms with Gasteiger partial charge in [0.1, 0.15) is 5.54 Å². The zero-order chi connectivity index (χ0) is 9.31. The lowest BCUT2D eigenvalue weighted by molar-refractivity contribution is -0.145. The highest BCUT2D eigenvalue weighted by Gasteiger charge is 2.54. The minimum absolute atomic E-state index is 0.440. The van der Waals surface area contributed by atoms with E-state index >= 15 is 0 Å². The lowest BCUT2D eigenvalue weighted by Gasteiger charge is -2.26. The molecule has 1 saturated heterocycles. The Balaban J connectivity index is 2.02. The Morgan fingerprint density at radius 3 is 2.00 bits per heavy atom. The second kappa shape index (κ2) is 3.29. The lowest BCUT2D eigenvalue weighted by Crippen LogP contribution is -2.44. The van der Waals surface area contributed by atoms with Crippen molar-refractivity contribution in [1.82, 2.24) is 4.90 Å². The SMILES string of the molecule is O=C(O)C1(N2CCCCCC2)CC1. The summed E-state index contributed by atoms with van der Waals surface area (Å²) in [5.74, 6) is -0.602. The molecule has 0 spiro atoms. The molecule has 0 amide bonds. The second-order valence-electron chi connectivity index (χ2n) is 4.24. The van der Waals surface area contributed by atoms with Crippen LogP contribution in [0.2, 0.25) is 0 Å². The number of carboxylic acids is 1. The van der Waals surface area contributed by atoms with Crippen LogP contribution in [-0.2, 0) is 4.79 Å². The first-order chi connectivity index (χ1) is 6.26. The lowest BCUT2D eigenvalue weighted by atomic mass is 10.2. The summed E-state index contributed by atoms with van der Waals surface area (Å²) in [7, 11) is 0. The molecule has 0 aromatic rings. The minimum atomic E-state index is -0.602. The van der Waals surface area contributed by atoms with Gasteiger partial charge in [-0.2, -0.15) is 0 Å². The smallest absolute Gasteiger partial charge is 0.324 e. The summed E-state index contributed by atoms with van der Waals surface area (Å²) in [4.78, 5) is 13.3. The fourth-order valence-corrected chi connectivity index (χ4v) is 2.28. The summed E-state index contributed by atoms with van der Waals surface area (Å²) < 4.78 is 0. The molecule has 1 N–H and O–H groups in total. The number of carboxylic acid groups (broad SMARTS) is 1. The zero-order valence-electron chi connectivity index (χ0n) is 7.96. The predicted octanol–water partition coefficient (Wildman–Crippen LogP) is 1.48. The monoisotopic (exact) mass is 183 g/mol. The van der Waals surface area contributed by atoms with Gasteiger partial charge in [0.2, 0.25) is 0 Å². The molecule has 3 heteroatoms. The molecule has 0 aromatic heterocycles. The molecule has 0 radical (unpaired) electrons.